The minimum absolute atomic E-state index is 0.209. The second-order valence-electron chi connectivity index (χ2n) is 6.41. The molecule has 0 saturated carbocycles. The van der Waals surface area contributed by atoms with Gasteiger partial charge in [-0.2, -0.15) is 0 Å². The van der Waals surface area contributed by atoms with Gasteiger partial charge in [-0.25, -0.2) is 0 Å². The molecule has 0 spiro atoms. The molecule has 0 aromatic heterocycles. The van der Waals surface area contributed by atoms with Gasteiger partial charge in [0, 0.05) is 10.9 Å². The lowest BCUT2D eigenvalue weighted by molar-refractivity contribution is 1.73. The predicted octanol–water partition coefficient (Wildman–Crippen LogP) is 6.03. The monoisotopic (exact) mass is 358 g/mol. The molecule has 0 aliphatic rings. The van der Waals surface area contributed by atoms with Crippen LogP contribution in [0.15, 0.2) is 72.8 Å². The number of fused-ring (bicyclic) bond motifs is 2. The molecule has 0 radical (unpaired) electrons. The summed E-state index contributed by atoms with van der Waals surface area (Å²) in [6, 6.07) is 26.5. The molecule has 4 rings (SSSR count). The normalized spacial score (nSPS) is 11.6. The zero-order valence-electron chi connectivity index (χ0n) is 14.5. The van der Waals surface area contributed by atoms with Crippen LogP contribution in [0.1, 0.15) is 0 Å². The summed E-state index contributed by atoms with van der Waals surface area (Å²) in [5, 5.41) is 8.03. The molecule has 0 aliphatic heterocycles. The molecule has 0 N–H and O–H groups in total. The Balaban J connectivity index is 2.24. The van der Waals surface area contributed by atoms with Gasteiger partial charge in [0.25, 0.3) is 0 Å². The number of rotatable bonds is 3. The lowest BCUT2D eigenvalue weighted by Gasteiger charge is -2.20. The molecule has 4 aromatic carbocycles. The maximum atomic E-state index is 4.18. The van der Waals surface area contributed by atoms with Gasteiger partial charge in [0.15, 0.2) is 0 Å². The Kier molecular flexibility index (Phi) is 4.43. The summed E-state index contributed by atoms with van der Waals surface area (Å²) in [5.41, 5.74) is 2.76. The molecule has 0 saturated heterocycles. The highest BCUT2D eigenvalue weighted by Gasteiger charge is 2.17. The molecular formula is C23H20P2. The van der Waals surface area contributed by atoms with Crippen molar-refractivity contribution in [2.24, 2.45) is 0 Å². The third-order valence-corrected chi connectivity index (χ3v) is 6.77. The summed E-state index contributed by atoms with van der Waals surface area (Å²) in [6.07, 6.45) is 4.18. The highest BCUT2D eigenvalue weighted by Crippen LogP contribution is 2.38. The molecule has 0 atom stereocenters. The van der Waals surface area contributed by atoms with Crippen LogP contribution in [0, 0.1) is 0 Å². The second kappa shape index (κ2) is 6.72. The first-order valence-corrected chi connectivity index (χ1v) is 11.7. The fraction of sp³-hybridized carbons (Fsp3) is 0.0870. The van der Waals surface area contributed by atoms with Crippen LogP contribution in [0.3, 0.4) is 0 Å². The number of benzene rings is 4. The van der Waals surface area contributed by atoms with Gasteiger partial charge in [-0.15, -0.1) is 0 Å². The first kappa shape index (κ1) is 16.5. The molecule has 0 nitrogen and oxygen atoms in total. The van der Waals surface area contributed by atoms with E-state index in [9.17, 15) is 0 Å². The van der Waals surface area contributed by atoms with Crippen molar-refractivity contribution in [1.29, 1.82) is 0 Å². The van der Waals surface area contributed by atoms with E-state index in [4.69, 9.17) is 0 Å². The van der Waals surface area contributed by atoms with E-state index < -0.39 is 0 Å². The molecule has 0 aliphatic carbocycles. The zero-order chi connectivity index (χ0) is 17.4. The van der Waals surface area contributed by atoms with Crippen molar-refractivity contribution < 1.29 is 0 Å². The Labute approximate surface area is 152 Å². The van der Waals surface area contributed by atoms with Gasteiger partial charge in [-0.1, -0.05) is 89.2 Å². The SMILES string of the molecule is C=Pc1ccc2ccccc2c1-c1c(P(C)C)ccc2ccccc12. The van der Waals surface area contributed by atoms with Gasteiger partial charge in [0.1, 0.15) is 0 Å². The van der Waals surface area contributed by atoms with Gasteiger partial charge < -0.3 is 0 Å². The predicted molar refractivity (Wildman–Crippen MR) is 119 cm³/mol. The smallest absolute Gasteiger partial charge is 0.00974 e. The highest BCUT2D eigenvalue weighted by atomic mass is 31.1. The molecule has 0 fully saturated rings. The summed E-state index contributed by atoms with van der Waals surface area (Å²) in [7, 11) is 0.854. The molecule has 122 valence electrons. The lowest BCUT2D eigenvalue weighted by atomic mass is 9.94. The fourth-order valence-electron chi connectivity index (χ4n) is 3.55. The molecule has 2 heteroatoms. The third kappa shape index (κ3) is 2.81. The first-order chi connectivity index (χ1) is 12.2. The fourth-order valence-corrected chi connectivity index (χ4v) is 5.17. The van der Waals surface area contributed by atoms with Crippen LogP contribution in [-0.2, 0) is 0 Å². The minimum Gasteiger partial charge on any atom is -0.0810 e. The van der Waals surface area contributed by atoms with Gasteiger partial charge in [0.2, 0.25) is 0 Å². The average Bonchev–Trinajstić information content (AvgIpc) is 2.66. The Hall–Kier alpha value is -2.00. The molecule has 0 bridgehead atoms. The van der Waals surface area contributed by atoms with Crippen LogP contribution in [-0.4, -0.2) is 19.6 Å². The minimum atomic E-state index is -0.209. The molecule has 25 heavy (non-hydrogen) atoms. The topological polar surface area (TPSA) is 0 Å². The van der Waals surface area contributed by atoms with Crippen molar-refractivity contribution in [3.8, 4) is 11.1 Å². The average molecular weight is 358 g/mol. The Morgan fingerprint density at radius 3 is 1.84 bits per heavy atom. The largest absolute Gasteiger partial charge is 0.0810 e. The second-order valence-corrected chi connectivity index (χ2v) is 9.48. The van der Waals surface area contributed by atoms with Crippen LogP contribution in [0.4, 0.5) is 0 Å². The maximum absolute atomic E-state index is 4.18. The number of hydrogen-bond acceptors (Lipinski definition) is 0. The highest BCUT2D eigenvalue weighted by molar-refractivity contribution is 7.64. The zero-order valence-corrected chi connectivity index (χ0v) is 16.3. The van der Waals surface area contributed by atoms with Crippen molar-refractivity contribution in [2.75, 3.05) is 13.3 Å². The van der Waals surface area contributed by atoms with E-state index in [0.717, 1.165) is 8.20 Å². The van der Waals surface area contributed by atoms with Gasteiger partial charge in [0.05, 0.1) is 0 Å². The van der Waals surface area contributed by atoms with Crippen LogP contribution < -0.4 is 10.6 Å². The van der Waals surface area contributed by atoms with E-state index in [0.29, 0.717) is 0 Å². The Bertz CT molecular complexity index is 1090. The van der Waals surface area contributed by atoms with E-state index in [2.05, 4.69) is 92.4 Å². The maximum Gasteiger partial charge on any atom is 0.00974 e. The van der Waals surface area contributed by atoms with E-state index >= 15 is 0 Å². The van der Waals surface area contributed by atoms with Gasteiger partial charge >= 0.3 is 0 Å². The third-order valence-electron chi connectivity index (χ3n) is 4.72. The van der Waals surface area contributed by atoms with E-state index in [1.807, 2.05) is 0 Å². The molecule has 0 amide bonds. The van der Waals surface area contributed by atoms with Crippen molar-refractivity contribution in [3.05, 3.63) is 72.8 Å². The summed E-state index contributed by atoms with van der Waals surface area (Å²) >= 11 is 0. The van der Waals surface area contributed by atoms with Crippen molar-refractivity contribution in [1.82, 2.24) is 0 Å². The van der Waals surface area contributed by atoms with E-state index in [1.54, 1.807) is 0 Å². The van der Waals surface area contributed by atoms with Crippen molar-refractivity contribution >= 4 is 54.6 Å². The van der Waals surface area contributed by atoms with E-state index in [-0.39, 0.29) is 7.92 Å². The van der Waals surface area contributed by atoms with Gasteiger partial charge in [-0.3, -0.25) is 0 Å². The molecule has 0 unspecified atom stereocenters. The van der Waals surface area contributed by atoms with Crippen LogP contribution in [0.25, 0.3) is 32.7 Å². The summed E-state index contributed by atoms with van der Waals surface area (Å²) in [5.74, 6) is 0. The lowest BCUT2D eigenvalue weighted by Crippen LogP contribution is -2.10. The quantitative estimate of drug-likeness (QED) is 0.392. The van der Waals surface area contributed by atoms with Crippen LogP contribution in [0.5, 0.6) is 0 Å². The summed E-state index contributed by atoms with van der Waals surface area (Å²) in [4.78, 5) is 0. The van der Waals surface area contributed by atoms with Crippen molar-refractivity contribution in [3.63, 3.8) is 0 Å². The Morgan fingerprint density at radius 2 is 1.24 bits per heavy atom. The van der Waals surface area contributed by atoms with Gasteiger partial charge in [-0.05, 0) is 51.8 Å². The Morgan fingerprint density at radius 1 is 0.680 bits per heavy atom. The molecule has 4 aromatic rings. The van der Waals surface area contributed by atoms with Crippen molar-refractivity contribution in [2.45, 2.75) is 0 Å². The summed E-state index contributed by atoms with van der Waals surface area (Å²) in [6.45, 7) is 4.69. The first-order valence-electron chi connectivity index (χ1n) is 8.38. The number of hydrogen-bond donors (Lipinski definition) is 0. The van der Waals surface area contributed by atoms with E-state index in [1.165, 1.54) is 43.3 Å². The molecular weight excluding hydrogens is 338 g/mol. The molecule has 0 heterocycles. The van der Waals surface area contributed by atoms with Crippen LogP contribution >= 0.6 is 16.1 Å². The summed E-state index contributed by atoms with van der Waals surface area (Å²) < 4.78 is 0. The van der Waals surface area contributed by atoms with Crippen LogP contribution in [0.2, 0.25) is 0 Å². The standard InChI is InChI=1S/C23H20P2/c1-24-20-14-12-16-8-4-6-10-18(16)22(20)23-19-11-7-5-9-17(19)13-15-21(23)25(2)3/h4-15H,1H2,2-3H3.